The fourth-order valence-electron chi connectivity index (χ4n) is 1.89. The first kappa shape index (κ1) is 13.6. The third-order valence-electron chi connectivity index (χ3n) is 3.02. The van der Waals surface area contributed by atoms with Crippen molar-refractivity contribution in [2.45, 2.75) is 26.3 Å². The van der Waals surface area contributed by atoms with Crippen molar-refractivity contribution in [1.82, 2.24) is 0 Å². The van der Waals surface area contributed by atoms with Crippen LogP contribution in [-0.4, -0.2) is 0 Å². The molecule has 0 saturated carbocycles. The van der Waals surface area contributed by atoms with E-state index in [0.29, 0.717) is 11.3 Å². The summed E-state index contributed by atoms with van der Waals surface area (Å²) in [5, 5.41) is 0. The van der Waals surface area contributed by atoms with Gasteiger partial charge in [0.25, 0.3) is 0 Å². The first-order chi connectivity index (χ1) is 9.10. The summed E-state index contributed by atoms with van der Waals surface area (Å²) in [6, 6.07) is 12.0. The van der Waals surface area contributed by atoms with Gasteiger partial charge in [0.05, 0.1) is 0 Å². The molecule has 0 saturated heterocycles. The van der Waals surface area contributed by atoms with E-state index in [1.54, 1.807) is 6.07 Å². The van der Waals surface area contributed by atoms with Crippen LogP contribution in [0.5, 0.6) is 11.5 Å². The van der Waals surface area contributed by atoms with Crippen molar-refractivity contribution in [2.24, 2.45) is 5.73 Å². The number of rotatable bonds is 4. The van der Waals surface area contributed by atoms with Crippen LogP contribution in [0, 0.1) is 5.82 Å². The van der Waals surface area contributed by atoms with Gasteiger partial charge in [0, 0.05) is 11.6 Å². The number of hydrogen-bond acceptors (Lipinski definition) is 2. The molecule has 0 bridgehead atoms. The van der Waals surface area contributed by atoms with Gasteiger partial charge in [-0.05, 0) is 49.2 Å². The Morgan fingerprint density at radius 2 is 1.84 bits per heavy atom. The van der Waals surface area contributed by atoms with E-state index in [1.807, 2.05) is 31.2 Å². The van der Waals surface area contributed by atoms with E-state index >= 15 is 0 Å². The molecular formula is C16H18FNO. The maximum absolute atomic E-state index is 13.2. The molecule has 2 aromatic rings. The standard InChI is InChI=1S/C16H18FNO/c1-3-12-4-7-14(8-5-12)19-16-9-6-13(17)10-15(16)11(2)18/h4-11H,3,18H2,1-2H3/t11-/m1/s1. The van der Waals surface area contributed by atoms with Gasteiger partial charge in [-0.2, -0.15) is 0 Å². The van der Waals surface area contributed by atoms with Crippen molar-refractivity contribution in [3.05, 3.63) is 59.4 Å². The third kappa shape index (κ3) is 3.32. The number of benzene rings is 2. The van der Waals surface area contributed by atoms with Gasteiger partial charge in [-0.15, -0.1) is 0 Å². The molecule has 0 radical (unpaired) electrons. The van der Waals surface area contributed by atoms with Crippen LogP contribution in [0.3, 0.4) is 0 Å². The molecule has 100 valence electrons. The third-order valence-corrected chi connectivity index (χ3v) is 3.02. The minimum Gasteiger partial charge on any atom is -0.457 e. The fraction of sp³-hybridized carbons (Fsp3) is 0.250. The molecule has 0 aliphatic carbocycles. The predicted octanol–water partition coefficient (Wildman–Crippen LogP) is 4.20. The summed E-state index contributed by atoms with van der Waals surface area (Å²) in [6.45, 7) is 3.91. The molecule has 1 atom stereocenters. The number of nitrogens with two attached hydrogens (primary N) is 1. The summed E-state index contributed by atoms with van der Waals surface area (Å²) < 4.78 is 19.0. The molecule has 2 rings (SSSR count). The van der Waals surface area contributed by atoms with Crippen LogP contribution in [0.4, 0.5) is 4.39 Å². The molecule has 2 N–H and O–H groups in total. The van der Waals surface area contributed by atoms with Crippen molar-refractivity contribution < 1.29 is 9.13 Å². The molecule has 0 spiro atoms. The monoisotopic (exact) mass is 259 g/mol. The molecule has 0 amide bonds. The molecule has 2 aromatic carbocycles. The molecule has 0 aliphatic rings. The molecule has 0 aromatic heterocycles. The highest BCUT2D eigenvalue weighted by Gasteiger charge is 2.10. The number of ether oxygens (including phenoxy) is 1. The SMILES string of the molecule is CCc1ccc(Oc2ccc(F)cc2[C@@H](C)N)cc1. The van der Waals surface area contributed by atoms with E-state index in [2.05, 4.69) is 6.92 Å². The second kappa shape index (κ2) is 5.85. The first-order valence-electron chi connectivity index (χ1n) is 6.42. The van der Waals surface area contributed by atoms with Crippen LogP contribution in [0.25, 0.3) is 0 Å². The summed E-state index contributed by atoms with van der Waals surface area (Å²) in [7, 11) is 0. The minimum absolute atomic E-state index is 0.277. The van der Waals surface area contributed by atoms with E-state index in [0.717, 1.165) is 12.2 Å². The Morgan fingerprint density at radius 3 is 2.42 bits per heavy atom. The Hall–Kier alpha value is -1.87. The Morgan fingerprint density at radius 1 is 1.16 bits per heavy atom. The van der Waals surface area contributed by atoms with Crippen molar-refractivity contribution in [1.29, 1.82) is 0 Å². The van der Waals surface area contributed by atoms with E-state index < -0.39 is 0 Å². The quantitative estimate of drug-likeness (QED) is 0.893. The maximum atomic E-state index is 13.2. The zero-order valence-corrected chi connectivity index (χ0v) is 11.2. The zero-order valence-electron chi connectivity index (χ0n) is 11.2. The lowest BCUT2D eigenvalue weighted by Crippen LogP contribution is -2.07. The van der Waals surface area contributed by atoms with Crippen molar-refractivity contribution in [2.75, 3.05) is 0 Å². The van der Waals surface area contributed by atoms with Gasteiger partial charge in [0.15, 0.2) is 0 Å². The summed E-state index contributed by atoms with van der Waals surface area (Å²) in [5.74, 6) is 1.02. The van der Waals surface area contributed by atoms with Gasteiger partial charge in [-0.1, -0.05) is 19.1 Å². The molecule has 0 unspecified atom stereocenters. The average molecular weight is 259 g/mol. The van der Waals surface area contributed by atoms with E-state index in [4.69, 9.17) is 10.5 Å². The van der Waals surface area contributed by atoms with Crippen molar-refractivity contribution in [3.8, 4) is 11.5 Å². The van der Waals surface area contributed by atoms with Gasteiger partial charge in [0.2, 0.25) is 0 Å². The van der Waals surface area contributed by atoms with Gasteiger partial charge in [0.1, 0.15) is 17.3 Å². The highest BCUT2D eigenvalue weighted by atomic mass is 19.1. The average Bonchev–Trinajstić information content (AvgIpc) is 2.41. The zero-order chi connectivity index (χ0) is 13.8. The van der Waals surface area contributed by atoms with Crippen LogP contribution in [-0.2, 0) is 6.42 Å². The Labute approximate surface area is 113 Å². The van der Waals surface area contributed by atoms with Crippen LogP contribution < -0.4 is 10.5 Å². The van der Waals surface area contributed by atoms with Crippen molar-refractivity contribution >= 4 is 0 Å². The van der Waals surface area contributed by atoms with Gasteiger partial charge >= 0.3 is 0 Å². The predicted molar refractivity (Wildman–Crippen MR) is 74.9 cm³/mol. The van der Waals surface area contributed by atoms with E-state index in [9.17, 15) is 4.39 Å². The summed E-state index contributed by atoms with van der Waals surface area (Å²) in [5.41, 5.74) is 7.75. The van der Waals surface area contributed by atoms with E-state index in [-0.39, 0.29) is 11.9 Å². The Kier molecular flexibility index (Phi) is 4.17. The Balaban J connectivity index is 2.26. The molecule has 0 fully saturated rings. The summed E-state index contributed by atoms with van der Waals surface area (Å²) in [4.78, 5) is 0. The topological polar surface area (TPSA) is 35.2 Å². The second-order valence-electron chi connectivity index (χ2n) is 4.57. The van der Waals surface area contributed by atoms with Crippen LogP contribution in [0.1, 0.15) is 31.0 Å². The highest BCUT2D eigenvalue weighted by Crippen LogP contribution is 2.29. The minimum atomic E-state index is -0.305. The molecular weight excluding hydrogens is 241 g/mol. The highest BCUT2D eigenvalue weighted by molar-refractivity contribution is 5.40. The van der Waals surface area contributed by atoms with Crippen LogP contribution in [0.2, 0.25) is 0 Å². The summed E-state index contributed by atoms with van der Waals surface area (Å²) in [6.07, 6.45) is 0.988. The largest absolute Gasteiger partial charge is 0.457 e. The lowest BCUT2D eigenvalue weighted by molar-refractivity contribution is 0.469. The van der Waals surface area contributed by atoms with E-state index in [1.165, 1.54) is 17.7 Å². The van der Waals surface area contributed by atoms with Gasteiger partial charge in [-0.3, -0.25) is 0 Å². The fourth-order valence-corrected chi connectivity index (χ4v) is 1.89. The van der Waals surface area contributed by atoms with Crippen LogP contribution >= 0.6 is 0 Å². The van der Waals surface area contributed by atoms with Gasteiger partial charge in [-0.25, -0.2) is 4.39 Å². The molecule has 0 heterocycles. The normalized spacial score (nSPS) is 12.2. The number of aryl methyl sites for hydroxylation is 1. The van der Waals surface area contributed by atoms with Crippen LogP contribution in [0.15, 0.2) is 42.5 Å². The van der Waals surface area contributed by atoms with Crippen molar-refractivity contribution in [3.63, 3.8) is 0 Å². The number of hydrogen-bond donors (Lipinski definition) is 1. The number of halogens is 1. The van der Waals surface area contributed by atoms with Gasteiger partial charge < -0.3 is 10.5 Å². The lowest BCUT2D eigenvalue weighted by atomic mass is 10.1. The smallest absolute Gasteiger partial charge is 0.132 e. The first-order valence-corrected chi connectivity index (χ1v) is 6.42. The molecule has 3 heteroatoms. The molecule has 2 nitrogen and oxygen atoms in total. The molecule has 19 heavy (non-hydrogen) atoms. The summed E-state index contributed by atoms with van der Waals surface area (Å²) >= 11 is 0. The second-order valence-corrected chi connectivity index (χ2v) is 4.57. The molecule has 0 aliphatic heterocycles. The Bertz CT molecular complexity index is 549. The maximum Gasteiger partial charge on any atom is 0.132 e. The lowest BCUT2D eigenvalue weighted by Gasteiger charge is -2.14.